The molecule has 0 spiro atoms. The van der Waals surface area contributed by atoms with Gasteiger partial charge in [-0.05, 0) is 86.3 Å². The van der Waals surface area contributed by atoms with Gasteiger partial charge in [-0.25, -0.2) is 0 Å². The Morgan fingerprint density at radius 2 is 0.574 bits per heavy atom. The van der Waals surface area contributed by atoms with Gasteiger partial charge in [-0.3, -0.25) is 0 Å². The summed E-state index contributed by atoms with van der Waals surface area (Å²) in [5.74, 6) is 0. The van der Waals surface area contributed by atoms with Gasteiger partial charge in [-0.15, -0.1) is 0 Å². The molecule has 0 amide bonds. The van der Waals surface area contributed by atoms with Crippen LogP contribution in [0, 0.1) is 0 Å². The normalized spacial score (nSPS) is 12.3. The molecule has 3 heterocycles. The zero-order valence-electron chi connectivity index (χ0n) is 25.1. The first-order valence-electron chi connectivity index (χ1n) is 15.9. The molecule has 0 saturated carbocycles. The highest BCUT2D eigenvalue weighted by atomic mass is 16.3. The third-order valence-corrected chi connectivity index (χ3v) is 9.85. The Labute approximate surface area is 267 Å². The van der Waals surface area contributed by atoms with E-state index in [0.717, 1.165) is 71.4 Å². The van der Waals surface area contributed by atoms with Gasteiger partial charge in [0.15, 0.2) is 0 Å². The minimum atomic E-state index is 0.830. The largest absolute Gasteiger partial charge is 0.456 e. The van der Waals surface area contributed by atoms with Crippen LogP contribution in [0.1, 0.15) is 0 Å². The Balaban J connectivity index is 1.19. The summed E-state index contributed by atoms with van der Waals surface area (Å²) in [5.41, 5.74) is 10.0. The smallest absolute Gasteiger partial charge is 0.139 e. The number of hydrogen-bond acceptors (Lipinski definition) is 3. The second kappa shape index (κ2) is 9.12. The first-order chi connectivity index (χ1) is 23.3. The van der Waals surface area contributed by atoms with Crippen molar-refractivity contribution in [2.75, 3.05) is 0 Å². The maximum Gasteiger partial charge on any atom is 0.139 e. The monoisotopic (exact) mass is 600 g/mol. The highest BCUT2D eigenvalue weighted by Crippen LogP contribution is 2.46. The quantitative estimate of drug-likeness (QED) is 0.185. The molecule has 3 aromatic heterocycles. The van der Waals surface area contributed by atoms with E-state index in [4.69, 9.17) is 13.3 Å². The van der Waals surface area contributed by atoms with Gasteiger partial charge in [0.25, 0.3) is 0 Å². The van der Waals surface area contributed by atoms with Crippen molar-refractivity contribution in [1.82, 2.24) is 0 Å². The van der Waals surface area contributed by atoms with Crippen LogP contribution in [0.4, 0.5) is 0 Å². The lowest BCUT2D eigenvalue weighted by Crippen LogP contribution is -1.90. The van der Waals surface area contributed by atoms with E-state index in [-0.39, 0.29) is 0 Å². The lowest BCUT2D eigenvalue weighted by atomic mass is 9.85. The van der Waals surface area contributed by atoms with Gasteiger partial charge in [0.2, 0.25) is 0 Å². The topological polar surface area (TPSA) is 39.4 Å². The molecule has 0 radical (unpaired) electrons. The van der Waals surface area contributed by atoms with Crippen molar-refractivity contribution in [3.63, 3.8) is 0 Å². The molecule has 0 N–H and O–H groups in total. The molecule has 0 bridgehead atoms. The summed E-state index contributed by atoms with van der Waals surface area (Å²) in [7, 11) is 0. The molecule has 3 nitrogen and oxygen atoms in total. The first kappa shape index (κ1) is 24.9. The number of furan rings is 3. The average Bonchev–Trinajstić information content (AvgIpc) is 3.79. The first-order valence-corrected chi connectivity index (χ1v) is 15.9. The Hall–Kier alpha value is -6.32. The Kier molecular flexibility index (Phi) is 4.84. The van der Waals surface area contributed by atoms with Gasteiger partial charge in [0.05, 0.1) is 0 Å². The molecule has 218 valence electrons. The minimum Gasteiger partial charge on any atom is -0.456 e. The predicted molar refractivity (Wildman–Crippen MR) is 194 cm³/mol. The fourth-order valence-electron chi connectivity index (χ4n) is 7.78. The van der Waals surface area contributed by atoms with E-state index in [1.807, 2.05) is 30.3 Å². The Morgan fingerprint density at radius 1 is 0.234 bits per heavy atom. The summed E-state index contributed by atoms with van der Waals surface area (Å²) in [6.45, 7) is 0. The van der Waals surface area contributed by atoms with Crippen molar-refractivity contribution in [3.8, 4) is 22.3 Å². The van der Waals surface area contributed by atoms with Crippen LogP contribution in [0.15, 0.2) is 159 Å². The van der Waals surface area contributed by atoms with E-state index >= 15 is 0 Å². The van der Waals surface area contributed by atoms with Gasteiger partial charge in [-0.1, -0.05) is 97.1 Å². The fraction of sp³-hybridized carbons (Fsp3) is 0. The zero-order valence-corrected chi connectivity index (χ0v) is 25.1. The van der Waals surface area contributed by atoms with E-state index in [0.29, 0.717) is 0 Å². The van der Waals surface area contributed by atoms with Crippen molar-refractivity contribution < 1.29 is 13.3 Å². The molecule has 0 aliphatic heterocycles. The summed E-state index contributed by atoms with van der Waals surface area (Å²) >= 11 is 0. The molecule has 0 aliphatic rings. The Morgan fingerprint density at radius 3 is 1.06 bits per heavy atom. The molecular weight excluding hydrogens is 576 g/mol. The van der Waals surface area contributed by atoms with E-state index in [9.17, 15) is 0 Å². The van der Waals surface area contributed by atoms with Gasteiger partial charge >= 0.3 is 0 Å². The molecule has 47 heavy (non-hydrogen) atoms. The SMILES string of the molecule is c1ccc2c(c1)oc1ccc(-c3c4ccccc4c(-c4ccc5oc6cc7oc8ccccc8c7cc6c5c4)c4ccccc34)cc12. The van der Waals surface area contributed by atoms with Gasteiger partial charge in [-0.2, -0.15) is 0 Å². The number of fused-ring (bicyclic) bond motifs is 11. The van der Waals surface area contributed by atoms with Crippen molar-refractivity contribution in [2.24, 2.45) is 0 Å². The van der Waals surface area contributed by atoms with E-state index in [1.165, 1.54) is 38.2 Å². The third kappa shape index (κ3) is 3.46. The highest BCUT2D eigenvalue weighted by Gasteiger charge is 2.19. The number of hydrogen-bond donors (Lipinski definition) is 0. The second-order valence-electron chi connectivity index (χ2n) is 12.4. The zero-order chi connectivity index (χ0) is 30.6. The molecule has 11 rings (SSSR count). The fourth-order valence-corrected chi connectivity index (χ4v) is 7.78. The summed E-state index contributed by atoms with van der Waals surface area (Å²) in [6.07, 6.45) is 0. The summed E-state index contributed by atoms with van der Waals surface area (Å²) in [6, 6.07) is 51.5. The van der Waals surface area contributed by atoms with Crippen molar-refractivity contribution >= 4 is 87.4 Å². The highest BCUT2D eigenvalue weighted by molar-refractivity contribution is 6.23. The molecular formula is C44H24O3. The van der Waals surface area contributed by atoms with Gasteiger partial charge in [0, 0.05) is 38.4 Å². The lowest BCUT2D eigenvalue weighted by Gasteiger charge is -2.17. The predicted octanol–water partition coefficient (Wildman–Crippen LogP) is 13.0. The number of benzene rings is 8. The van der Waals surface area contributed by atoms with Crippen LogP contribution >= 0.6 is 0 Å². The van der Waals surface area contributed by atoms with Crippen LogP contribution in [0.5, 0.6) is 0 Å². The van der Waals surface area contributed by atoms with Crippen LogP contribution < -0.4 is 0 Å². The molecule has 0 atom stereocenters. The molecule has 0 saturated heterocycles. The second-order valence-corrected chi connectivity index (χ2v) is 12.4. The van der Waals surface area contributed by atoms with Crippen molar-refractivity contribution in [1.29, 1.82) is 0 Å². The van der Waals surface area contributed by atoms with Gasteiger partial charge in [0.1, 0.15) is 33.5 Å². The summed E-state index contributed by atoms with van der Waals surface area (Å²) in [5, 5.41) is 11.5. The number of rotatable bonds is 2. The van der Waals surface area contributed by atoms with Crippen LogP contribution in [0.25, 0.3) is 110 Å². The maximum absolute atomic E-state index is 6.39. The maximum atomic E-state index is 6.39. The Bertz CT molecular complexity index is 3020. The third-order valence-electron chi connectivity index (χ3n) is 9.85. The molecule has 0 aliphatic carbocycles. The van der Waals surface area contributed by atoms with Crippen molar-refractivity contribution in [3.05, 3.63) is 146 Å². The molecule has 0 fully saturated rings. The van der Waals surface area contributed by atoms with Crippen molar-refractivity contribution in [2.45, 2.75) is 0 Å². The standard InChI is InChI=1S/C44H24O3/c1-3-13-31-29(11-1)43(25-17-19-39-33(21-25)27-9-5-7-15-37(27)45-39)30-12-2-4-14-32(30)44(31)26-18-20-40-34(22-26)36-23-35-28-10-6-8-16-38(28)46-41(35)24-42(36)47-40/h1-24H. The molecule has 3 heteroatoms. The van der Waals surface area contributed by atoms with E-state index < -0.39 is 0 Å². The lowest BCUT2D eigenvalue weighted by molar-refractivity contribution is 0.656. The summed E-state index contributed by atoms with van der Waals surface area (Å²) in [4.78, 5) is 0. The summed E-state index contributed by atoms with van der Waals surface area (Å²) < 4.78 is 18.7. The number of para-hydroxylation sites is 2. The van der Waals surface area contributed by atoms with Crippen LogP contribution in [0.2, 0.25) is 0 Å². The minimum absolute atomic E-state index is 0.830. The van der Waals surface area contributed by atoms with Gasteiger partial charge < -0.3 is 13.3 Å². The average molecular weight is 601 g/mol. The molecule has 8 aromatic carbocycles. The van der Waals surface area contributed by atoms with Crippen LogP contribution in [-0.2, 0) is 0 Å². The van der Waals surface area contributed by atoms with E-state index in [1.54, 1.807) is 0 Å². The van der Waals surface area contributed by atoms with E-state index in [2.05, 4.69) is 115 Å². The van der Waals surface area contributed by atoms with Crippen LogP contribution in [0.3, 0.4) is 0 Å². The molecule has 0 unspecified atom stereocenters. The molecule has 11 aromatic rings. The van der Waals surface area contributed by atoms with Crippen LogP contribution in [-0.4, -0.2) is 0 Å².